The summed E-state index contributed by atoms with van der Waals surface area (Å²) in [6.45, 7) is 1.25. The molecule has 25 heavy (non-hydrogen) atoms. The fraction of sp³-hybridized carbons (Fsp3) is 0.278. The number of carbonyl (C=O) groups is 1. The van der Waals surface area contributed by atoms with Crippen LogP contribution in [0.5, 0.6) is 11.5 Å². The minimum atomic E-state index is -0.842. The van der Waals surface area contributed by atoms with E-state index in [1.165, 1.54) is 0 Å². The molecular formula is C18H21BN2O4. The van der Waals surface area contributed by atoms with Crippen LogP contribution in [0.25, 0.3) is 0 Å². The summed E-state index contributed by atoms with van der Waals surface area (Å²) < 4.78 is 11.0. The van der Waals surface area contributed by atoms with Crippen molar-refractivity contribution in [1.82, 2.24) is 10.2 Å². The summed E-state index contributed by atoms with van der Waals surface area (Å²) in [5.74, 6) is 1.40. The number of fused-ring (bicyclic) bond motifs is 1. The van der Waals surface area contributed by atoms with Crippen molar-refractivity contribution in [2.24, 2.45) is 0 Å². The van der Waals surface area contributed by atoms with Gasteiger partial charge in [0.05, 0.1) is 13.2 Å². The lowest BCUT2D eigenvalue weighted by molar-refractivity contribution is -0.121. The molecule has 0 saturated heterocycles. The summed E-state index contributed by atoms with van der Waals surface area (Å²) in [7, 11) is 2.88. The summed E-state index contributed by atoms with van der Waals surface area (Å²) in [5, 5.41) is 12.5. The molecule has 2 aromatic carbocycles. The second kappa shape index (κ2) is 7.69. The van der Waals surface area contributed by atoms with Crippen LogP contribution < -0.4 is 15.5 Å². The Kier molecular flexibility index (Phi) is 5.38. The van der Waals surface area contributed by atoms with E-state index in [4.69, 9.17) is 9.39 Å². The lowest BCUT2D eigenvalue weighted by Crippen LogP contribution is -2.32. The molecule has 0 aliphatic carbocycles. The third-order valence-electron chi connectivity index (χ3n) is 3.89. The molecule has 0 aromatic heterocycles. The van der Waals surface area contributed by atoms with Crippen LogP contribution in [0, 0.1) is 0 Å². The predicted molar refractivity (Wildman–Crippen MR) is 95.8 cm³/mol. The molecule has 2 N–H and O–H groups in total. The van der Waals surface area contributed by atoms with Gasteiger partial charge in [-0.3, -0.25) is 4.79 Å². The van der Waals surface area contributed by atoms with Crippen LogP contribution in [-0.4, -0.2) is 43.6 Å². The van der Waals surface area contributed by atoms with E-state index in [1.54, 1.807) is 0 Å². The SMILES string of the molecule is CN(C)CC(=O)NCc1ccc(Oc2ccc3c(c2)COB3O)cc1. The van der Waals surface area contributed by atoms with Crippen LogP contribution in [0.2, 0.25) is 0 Å². The Morgan fingerprint density at radius 2 is 1.96 bits per heavy atom. The summed E-state index contributed by atoms with van der Waals surface area (Å²) in [6, 6.07) is 13.1. The van der Waals surface area contributed by atoms with E-state index in [2.05, 4.69) is 5.32 Å². The van der Waals surface area contributed by atoms with E-state index in [0.29, 0.717) is 31.2 Å². The van der Waals surface area contributed by atoms with Crippen molar-refractivity contribution < 1.29 is 19.2 Å². The number of hydrogen-bond acceptors (Lipinski definition) is 5. The molecule has 0 atom stereocenters. The molecule has 7 heteroatoms. The van der Waals surface area contributed by atoms with E-state index in [-0.39, 0.29) is 5.91 Å². The molecule has 1 heterocycles. The van der Waals surface area contributed by atoms with E-state index >= 15 is 0 Å². The van der Waals surface area contributed by atoms with Crippen molar-refractivity contribution in [3.8, 4) is 11.5 Å². The highest BCUT2D eigenvalue weighted by Gasteiger charge is 2.27. The summed E-state index contributed by atoms with van der Waals surface area (Å²) >= 11 is 0. The molecule has 0 spiro atoms. The summed E-state index contributed by atoms with van der Waals surface area (Å²) in [5.41, 5.74) is 2.73. The van der Waals surface area contributed by atoms with Gasteiger partial charge in [0.25, 0.3) is 0 Å². The Hall–Kier alpha value is -2.35. The lowest BCUT2D eigenvalue weighted by Gasteiger charge is -2.11. The molecule has 0 saturated carbocycles. The Balaban J connectivity index is 1.57. The number of nitrogens with zero attached hydrogens (tertiary/aromatic N) is 1. The third-order valence-corrected chi connectivity index (χ3v) is 3.89. The van der Waals surface area contributed by atoms with E-state index in [1.807, 2.05) is 61.5 Å². The number of benzene rings is 2. The molecule has 3 rings (SSSR count). The maximum atomic E-state index is 11.6. The topological polar surface area (TPSA) is 71.0 Å². The third kappa shape index (κ3) is 4.60. The number of nitrogens with one attached hydrogen (secondary N) is 1. The zero-order valence-electron chi connectivity index (χ0n) is 14.4. The molecule has 0 bridgehead atoms. The molecule has 6 nitrogen and oxygen atoms in total. The minimum Gasteiger partial charge on any atom is -0.457 e. The second-order valence-corrected chi connectivity index (χ2v) is 6.28. The van der Waals surface area contributed by atoms with Crippen LogP contribution in [0.4, 0.5) is 0 Å². The molecule has 130 valence electrons. The minimum absolute atomic E-state index is 0.00660. The van der Waals surface area contributed by atoms with Gasteiger partial charge in [0.2, 0.25) is 5.91 Å². The average molecular weight is 340 g/mol. The number of hydrogen-bond donors (Lipinski definition) is 2. The predicted octanol–water partition coefficient (Wildman–Crippen LogP) is 0.874. The molecule has 0 unspecified atom stereocenters. The first kappa shape index (κ1) is 17.5. The van der Waals surface area contributed by atoms with Crippen LogP contribution in [0.1, 0.15) is 11.1 Å². The maximum Gasteiger partial charge on any atom is 0.491 e. The van der Waals surface area contributed by atoms with Crippen molar-refractivity contribution in [3.05, 3.63) is 53.6 Å². The molecule has 0 radical (unpaired) electrons. The molecule has 1 aliphatic rings. The summed E-state index contributed by atoms with van der Waals surface area (Å²) in [6.07, 6.45) is 0. The smallest absolute Gasteiger partial charge is 0.457 e. The second-order valence-electron chi connectivity index (χ2n) is 6.28. The largest absolute Gasteiger partial charge is 0.491 e. The van der Waals surface area contributed by atoms with Gasteiger partial charge in [-0.25, -0.2) is 0 Å². The van der Waals surface area contributed by atoms with E-state index in [0.717, 1.165) is 16.6 Å². The maximum absolute atomic E-state index is 11.6. The van der Waals surface area contributed by atoms with Gasteiger partial charge >= 0.3 is 7.12 Å². The van der Waals surface area contributed by atoms with Gasteiger partial charge in [0.1, 0.15) is 11.5 Å². The summed E-state index contributed by atoms with van der Waals surface area (Å²) in [4.78, 5) is 13.5. The standard InChI is InChI=1S/C18H21BN2O4/c1-21(2)11-18(22)20-10-13-3-5-15(6-4-13)25-16-7-8-17-14(9-16)12-24-19(17)23/h3-9,23H,10-12H2,1-2H3,(H,20,22). The Bertz CT molecular complexity index is 749. The van der Waals surface area contributed by atoms with E-state index < -0.39 is 7.12 Å². The first-order valence-corrected chi connectivity index (χ1v) is 8.12. The number of carbonyl (C=O) groups excluding carboxylic acids is 1. The highest BCUT2D eigenvalue weighted by Crippen LogP contribution is 2.24. The fourth-order valence-electron chi connectivity index (χ4n) is 2.63. The number of rotatable bonds is 6. The molecule has 1 aliphatic heterocycles. The first-order chi connectivity index (χ1) is 12.0. The Morgan fingerprint density at radius 3 is 2.68 bits per heavy atom. The van der Waals surface area contributed by atoms with Crippen molar-refractivity contribution in [1.29, 1.82) is 0 Å². The average Bonchev–Trinajstić information content (AvgIpc) is 2.94. The highest BCUT2D eigenvalue weighted by molar-refractivity contribution is 6.61. The van der Waals surface area contributed by atoms with Crippen molar-refractivity contribution in [2.45, 2.75) is 13.2 Å². The monoisotopic (exact) mass is 340 g/mol. The van der Waals surface area contributed by atoms with Crippen LogP contribution in [0.15, 0.2) is 42.5 Å². The van der Waals surface area contributed by atoms with Gasteiger partial charge in [0.15, 0.2) is 0 Å². The molecule has 0 fully saturated rings. The fourth-order valence-corrected chi connectivity index (χ4v) is 2.63. The number of amides is 1. The molecular weight excluding hydrogens is 319 g/mol. The van der Waals surface area contributed by atoms with Gasteiger partial charge in [0, 0.05) is 6.54 Å². The normalized spacial score (nSPS) is 13.0. The van der Waals surface area contributed by atoms with Gasteiger partial charge < -0.3 is 24.6 Å². The lowest BCUT2D eigenvalue weighted by atomic mass is 9.80. The molecule has 1 amide bonds. The van der Waals surface area contributed by atoms with Gasteiger partial charge in [-0.05, 0) is 55.0 Å². The van der Waals surface area contributed by atoms with Crippen molar-refractivity contribution in [2.75, 3.05) is 20.6 Å². The van der Waals surface area contributed by atoms with E-state index in [9.17, 15) is 9.82 Å². The first-order valence-electron chi connectivity index (χ1n) is 8.12. The van der Waals surface area contributed by atoms with Crippen LogP contribution in [0.3, 0.4) is 0 Å². The van der Waals surface area contributed by atoms with Gasteiger partial charge in [-0.2, -0.15) is 0 Å². The molecule has 2 aromatic rings. The van der Waals surface area contributed by atoms with Crippen LogP contribution in [-0.2, 0) is 22.6 Å². The zero-order valence-corrected chi connectivity index (χ0v) is 14.4. The van der Waals surface area contributed by atoms with Crippen molar-refractivity contribution in [3.63, 3.8) is 0 Å². The highest BCUT2D eigenvalue weighted by atomic mass is 16.5. The van der Waals surface area contributed by atoms with Crippen LogP contribution >= 0.6 is 0 Å². The Morgan fingerprint density at radius 1 is 1.24 bits per heavy atom. The Labute approximate surface area is 147 Å². The van der Waals surface area contributed by atoms with Crippen molar-refractivity contribution >= 4 is 18.5 Å². The zero-order chi connectivity index (χ0) is 17.8. The van der Waals surface area contributed by atoms with Gasteiger partial charge in [-0.1, -0.05) is 18.2 Å². The van der Waals surface area contributed by atoms with Gasteiger partial charge in [-0.15, -0.1) is 0 Å². The number of ether oxygens (including phenoxy) is 1. The quantitative estimate of drug-likeness (QED) is 0.764. The number of likely N-dealkylation sites (N-methyl/N-ethyl adjacent to an activating group) is 1.